The van der Waals surface area contributed by atoms with Gasteiger partial charge >= 0.3 is 6.03 Å². The van der Waals surface area contributed by atoms with E-state index >= 15 is 0 Å². The minimum absolute atomic E-state index is 0.0679. The minimum atomic E-state index is -0.144. The van der Waals surface area contributed by atoms with Gasteiger partial charge in [0.15, 0.2) is 0 Å². The highest BCUT2D eigenvalue weighted by Crippen LogP contribution is 2.16. The molecule has 31 heavy (non-hydrogen) atoms. The zero-order chi connectivity index (χ0) is 22.1. The summed E-state index contributed by atoms with van der Waals surface area (Å²) in [6.07, 6.45) is 0. The fraction of sp³-hybridized carbons (Fsp3) is 0.480. The first-order chi connectivity index (χ1) is 15.0. The van der Waals surface area contributed by atoms with E-state index in [4.69, 9.17) is 4.74 Å². The first-order valence-electron chi connectivity index (χ1n) is 11.2. The molecule has 0 spiro atoms. The molecule has 2 amide bonds. The molecule has 1 aliphatic rings. The molecule has 1 saturated heterocycles. The second-order valence-corrected chi connectivity index (χ2v) is 8.48. The van der Waals surface area contributed by atoms with E-state index in [1.807, 2.05) is 24.3 Å². The van der Waals surface area contributed by atoms with Gasteiger partial charge in [0.25, 0.3) is 0 Å². The molecular weight excluding hydrogens is 388 g/mol. The standard InChI is InChI=1S/C25H36N4O2/c1-20(2)28(3)18-23-12-8-7-11-22(23)17-26-25(30)27-24(21-9-5-4-6-10-21)19-29-13-15-31-16-14-29/h4-12,20,24H,13-19H2,1-3H3,(H2,26,27,30). The Bertz CT molecular complexity index is 806. The van der Waals surface area contributed by atoms with E-state index in [-0.39, 0.29) is 12.1 Å². The Kier molecular flexibility index (Phi) is 8.88. The number of nitrogens with zero attached hydrogens (tertiary/aromatic N) is 2. The first kappa shape index (κ1) is 23.3. The Morgan fingerprint density at radius 2 is 1.68 bits per heavy atom. The average molecular weight is 425 g/mol. The summed E-state index contributed by atoms with van der Waals surface area (Å²) in [4.78, 5) is 17.5. The number of amides is 2. The third-order valence-electron chi connectivity index (χ3n) is 5.91. The molecule has 6 heteroatoms. The number of carbonyl (C=O) groups is 1. The van der Waals surface area contributed by atoms with Crippen molar-refractivity contribution in [3.8, 4) is 0 Å². The summed E-state index contributed by atoms with van der Waals surface area (Å²) in [5, 5.41) is 6.25. The number of urea groups is 1. The average Bonchev–Trinajstić information content (AvgIpc) is 2.79. The van der Waals surface area contributed by atoms with Gasteiger partial charge in [-0.1, -0.05) is 54.6 Å². The molecular formula is C25H36N4O2. The van der Waals surface area contributed by atoms with E-state index in [0.29, 0.717) is 12.6 Å². The van der Waals surface area contributed by atoms with Crippen LogP contribution in [0.4, 0.5) is 4.79 Å². The van der Waals surface area contributed by atoms with Crippen molar-refractivity contribution >= 4 is 6.03 Å². The Labute approximate surface area is 186 Å². The highest BCUT2D eigenvalue weighted by atomic mass is 16.5. The lowest BCUT2D eigenvalue weighted by molar-refractivity contribution is 0.0340. The van der Waals surface area contributed by atoms with Crippen molar-refractivity contribution < 1.29 is 9.53 Å². The van der Waals surface area contributed by atoms with Gasteiger partial charge in [-0.05, 0) is 37.6 Å². The summed E-state index contributed by atoms with van der Waals surface area (Å²) in [6.45, 7) is 9.79. The lowest BCUT2D eigenvalue weighted by atomic mass is 10.1. The number of morpholine rings is 1. The summed E-state index contributed by atoms with van der Waals surface area (Å²) in [7, 11) is 2.12. The fourth-order valence-corrected chi connectivity index (χ4v) is 3.68. The Hall–Kier alpha value is -2.41. The molecule has 3 rings (SSSR count). The Morgan fingerprint density at radius 3 is 2.35 bits per heavy atom. The number of hydrogen-bond donors (Lipinski definition) is 2. The maximum absolute atomic E-state index is 12.8. The third kappa shape index (κ3) is 7.35. The van der Waals surface area contributed by atoms with Crippen molar-refractivity contribution in [3.05, 3.63) is 71.3 Å². The molecule has 2 aromatic rings. The second kappa shape index (κ2) is 11.8. The molecule has 1 heterocycles. The van der Waals surface area contributed by atoms with Gasteiger partial charge in [-0.25, -0.2) is 4.79 Å². The number of hydrogen-bond acceptors (Lipinski definition) is 4. The monoisotopic (exact) mass is 424 g/mol. The molecule has 2 N–H and O–H groups in total. The number of nitrogens with one attached hydrogen (secondary N) is 2. The summed E-state index contributed by atoms with van der Waals surface area (Å²) in [5.74, 6) is 0. The van der Waals surface area contributed by atoms with Crippen molar-refractivity contribution in [3.63, 3.8) is 0 Å². The van der Waals surface area contributed by atoms with Gasteiger partial charge in [0.1, 0.15) is 0 Å². The van der Waals surface area contributed by atoms with Crippen LogP contribution in [0.25, 0.3) is 0 Å². The zero-order valence-corrected chi connectivity index (χ0v) is 19.0. The topological polar surface area (TPSA) is 56.8 Å². The van der Waals surface area contributed by atoms with Crippen molar-refractivity contribution in [2.75, 3.05) is 39.9 Å². The van der Waals surface area contributed by atoms with Crippen LogP contribution in [0.3, 0.4) is 0 Å². The fourth-order valence-electron chi connectivity index (χ4n) is 3.68. The van der Waals surface area contributed by atoms with Crippen LogP contribution in [0, 0.1) is 0 Å². The highest BCUT2D eigenvalue weighted by Gasteiger charge is 2.20. The minimum Gasteiger partial charge on any atom is -0.379 e. The molecule has 1 atom stereocenters. The van der Waals surface area contributed by atoms with Crippen LogP contribution in [-0.2, 0) is 17.8 Å². The van der Waals surface area contributed by atoms with Crippen LogP contribution in [0.15, 0.2) is 54.6 Å². The van der Waals surface area contributed by atoms with Crippen LogP contribution < -0.4 is 10.6 Å². The molecule has 0 radical (unpaired) electrons. The zero-order valence-electron chi connectivity index (χ0n) is 19.0. The van der Waals surface area contributed by atoms with E-state index < -0.39 is 0 Å². The highest BCUT2D eigenvalue weighted by molar-refractivity contribution is 5.74. The quantitative estimate of drug-likeness (QED) is 0.648. The first-order valence-corrected chi connectivity index (χ1v) is 11.2. The summed E-state index contributed by atoms with van der Waals surface area (Å²) < 4.78 is 5.46. The number of ether oxygens (including phenoxy) is 1. The van der Waals surface area contributed by atoms with Crippen molar-refractivity contribution in [2.24, 2.45) is 0 Å². The SMILES string of the molecule is CC(C)N(C)Cc1ccccc1CNC(=O)NC(CN1CCOCC1)c1ccccc1. The molecule has 0 aromatic heterocycles. The van der Waals surface area contributed by atoms with Crippen LogP contribution in [0.2, 0.25) is 0 Å². The Morgan fingerprint density at radius 1 is 1.03 bits per heavy atom. The van der Waals surface area contributed by atoms with Crippen LogP contribution in [0.1, 0.15) is 36.6 Å². The van der Waals surface area contributed by atoms with Crippen molar-refractivity contribution in [1.29, 1.82) is 0 Å². The van der Waals surface area contributed by atoms with E-state index in [9.17, 15) is 4.79 Å². The van der Waals surface area contributed by atoms with Crippen LogP contribution in [-0.4, -0.2) is 61.8 Å². The summed E-state index contributed by atoms with van der Waals surface area (Å²) in [5.41, 5.74) is 3.50. The van der Waals surface area contributed by atoms with Gasteiger partial charge in [0, 0.05) is 38.8 Å². The smallest absolute Gasteiger partial charge is 0.315 e. The molecule has 1 fully saturated rings. The number of rotatable bonds is 9. The summed E-state index contributed by atoms with van der Waals surface area (Å²) >= 11 is 0. The lowest BCUT2D eigenvalue weighted by Crippen LogP contribution is -2.45. The van der Waals surface area contributed by atoms with Gasteiger partial charge in [-0.15, -0.1) is 0 Å². The van der Waals surface area contributed by atoms with Crippen LogP contribution >= 0.6 is 0 Å². The molecule has 0 bridgehead atoms. The van der Waals surface area contributed by atoms with Gasteiger partial charge in [0.05, 0.1) is 19.3 Å². The molecule has 0 aliphatic carbocycles. The predicted molar refractivity (Wildman–Crippen MR) is 125 cm³/mol. The normalized spacial score (nSPS) is 15.8. The van der Waals surface area contributed by atoms with Gasteiger partial charge in [-0.2, -0.15) is 0 Å². The molecule has 168 valence electrons. The molecule has 6 nitrogen and oxygen atoms in total. The number of benzene rings is 2. The maximum Gasteiger partial charge on any atom is 0.315 e. The molecule has 1 unspecified atom stereocenters. The third-order valence-corrected chi connectivity index (χ3v) is 5.91. The second-order valence-electron chi connectivity index (χ2n) is 8.48. The Balaban J connectivity index is 1.61. The van der Waals surface area contributed by atoms with Gasteiger partial charge in [-0.3, -0.25) is 9.80 Å². The van der Waals surface area contributed by atoms with E-state index in [1.165, 1.54) is 5.56 Å². The van der Waals surface area contributed by atoms with Crippen molar-refractivity contribution in [1.82, 2.24) is 20.4 Å². The molecule has 2 aromatic carbocycles. The van der Waals surface area contributed by atoms with Gasteiger partial charge < -0.3 is 15.4 Å². The lowest BCUT2D eigenvalue weighted by Gasteiger charge is -2.31. The van der Waals surface area contributed by atoms with E-state index in [0.717, 1.165) is 50.5 Å². The van der Waals surface area contributed by atoms with E-state index in [2.05, 4.69) is 71.7 Å². The largest absolute Gasteiger partial charge is 0.379 e. The molecule has 0 saturated carbocycles. The predicted octanol–water partition coefficient (Wildman–Crippen LogP) is 3.40. The molecule has 1 aliphatic heterocycles. The van der Waals surface area contributed by atoms with Crippen LogP contribution in [0.5, 0.6) is 0 Å². The van der Waals surface area contributed by atoms with Gasteiger partial charge in [0.2, 0.25) is 0 Å². The number of carbonyl (C=O) groups excluding carboxylic acids is 1. The van der Waals surface area contributed by atoms with E-state index in [1.54, 1.807) is 0 Å². The maximum atomic E-state index is 12.8. The van der Waals surface area contributed by atoms with Crippen molar-refractivity contribution in [2.45, 2.75) is 39.0 Å². The summed E-state index contributed by atoms with van der Waals surface area (Å²) in [6, 6.07) is 18.7.